The van der Waals surface area contributed by atoms with Crippen LogP contribution in [0.1, 0.15) is 18.4 Å². The molecule has 4 nitrogen and oxygen atoms in total. The number of hydrogen-bond donors (Lipinski definition) is 1. The van der Waals surface area contributed by atoms with Gasteiger partial charge < -0.3 is 5.11 Å². The summed E-state index contributed by atoms with van der Waals surface area (Å²) >= 11 is 0. The Hall–Kier alpha value is -1.56. The smallest absolute Gasteiger partial charge is 0.305 e. The molecule has 1 aromatic carbocycles. The molecule has 0 heterocycles. The summed E-state index contributed by atoms with van der Waals surface area (Å²) in [6.45, 7) is -0.158. The first-order chi connectivity index (χ1) is 7.99. The number of halogens is 2. The maximum atomic E-state index is 13.7. The van der Waals surface area contributed by atoms with E-state index < -0.39 is 27.7 Å². The third-order valence-corrected chi connectivity index (χ3v) is 3.21. The molecule has 1 saturated carbocycles. The Kier molecular flexibility index (Phi) is 2.82. The van der Waals surface area contributed by atoms with E-state index in [0.717, 1.165) is 12.1 Å². The van der Waals surface area contributed by atoms with Gasteiger partial charge in [-0.3, -0.25) is 10.1 Å². The van der Waals surface area contributed by atoms with Crippen LogP contribution >= 0.6 is 0 Å². The second-order valence-corrected chi connectivity index (χ2v) is 4.45. The van der Waals surface area contributed by atoms with Crippen molar-refractivity contribution in [2.75, 3.05) is 6.61 Å². The maximum Gasteiger partial charge on any atom is 0.305 e. The van der Waals surface area contributed by atoms with Gasteiger partial charge in [0.15, 0.2) is 0 Å². The van der Waals surface area contributed by atoms with Crippen molar-refractivity contribution in [2.24, 2.45) is 5.41 Å². The zero-order valence-corrected chi connectivity index (χ0v) is 8.95. The van der Waals surface area contributed by atoms with Crippen molar-refractivity contribution in [3.8, 4) is 0 Å². The predicted octanol–water partition coefficient (Wildman–Crippen LogP) is 2.19. The van der Waals surface area contributed by atoms with E-state index in [1.165, 1.54) is 0 Å². The van der Waals surface area contributed by atoms with Crippen molar-refractivity contribution in [1.29, 1.82) is 0 Å². The topological polar surface area (TPSA) is 63.4 Å². The van der Waals surface area contributed by atoms with Crippen LogP contribution in [0.3, 0.4) is 0 Å². The van der Waals surface area contributed by atoms with E-state index in [9.17, 15) is 18.9 Å². The van der Waals surface area contributed by atoms with Crippen LogP contribution in [0.15, 0.2) is 12.1 Å². The van der Waals surface area contributed by atoms with Crippen LogP contribution < -0.4 is 0 Å². The highest BCUT2D eigenvalue weighted by molar-refractivity contribution is 5.38. The van der Waals surface area contributed by atoms with E-state index in [4.69, 9.17) is 5.11 Å². The monoisotopic (exact) mass is 243 g/mol. The fourth-order valence-corrected chi connectivity index (χ4v) is 1.83. The molecular weight excluding hydrogens is 232 g/mol. The van der Waals surface area contributed by atoms with E-state index in [1.807, 2.05) is 0 Å². The first-order valence-corrected chi connectivity index (χ1v) is 5.21. The van der Waals surface area contributed by atoms with Gasteiger partial charge in [-0.2, -0.15) is 4.39 Å². The zero-order chi connectivity index (χ0) is 12.6. The quantitative estimate of drug-likeness (QED) is 0.651. The largest absolute Gasteiger partial charge is 0.396 e. The third kappa shape index (κ3) is 2.12. The van der Waals surface area contributed by atoms with Gasteiger partial charge >= 0.3 is 5.69 Å². The van der Waals surface area contributed by atoms with Crippen LogP contribution in [-0.2, 0) is 6.42 Å². The van der Waals surface area contributed by atoms with Crippen molar-refractivity contribution in [3.63, 3.8) is 0 Å². The Morgan fingerprint density at radius 3 is 2.53 bits per heavy atom. The molecule has 0 amide bonds. The van der Waals surface area contributed by atoms with Crippen molar-refractivity contribution in [3.05, 3.63) is 39.4 Å². The third-order valence-electron chi connectivity index (χ3n) is 3.21. The molecule has 0 unspecified atom stereocenters. The van der Waals surface area contributed by atoms with Crippen LogP contribution in [-0.4, -0.2) is 16.6 Å². The predicted molar refractivity (Wildman–Crippen MR) is 55.5 cm³/mol. The zero-order valence-electron chi connectivity index (χ0n) is 8.95. The second kappa shape index (κ2) is 4.03. The van der Waals surface area contributed by atoms with Crippen LogP contribution in [0.5, 0.6) is 0 Å². The van der Waals surface area contributed by atoms with Gasteiger partial charge in [0.1, 0.15) is 5.82 Å². The van der Waals surface area contributed by atoms with Crippen molar-refractivity contribution < 1.29 is 18.8 Å². The Bertz CT molecular complexity index is 472. The molecule has 1 aliphatic carbocycles. The molecule has 1 fully saturated rings. The summed E-state index contributed by atoms with van der Waals surface area (Å²) in [5, 5.41) is 19.6. The molecule has 0 aliphatic heterocycles. The van der Waals surface area contributed by atoms with Crippen molar-refractivity contribution in [1.82, 2.24) is 0 Å². The molecule has 0 bridgehead atoms. The number of aliphatic hydroxyl groups excluding tert-OH is 1. The summed E-state index contributed by atoms with van der Waals surface area (Å²) in [5.41, 5.74) is -1.52. The molecule has 0 aromatic heterocycles. The van der Waals surface area contributed by atoms with E-state index in [2.05, 4.69) is 0 Å². The summed E-state index contributed by atoms with van der Waals surface area (Å²) in [4.78, 5) is 9.65. The van der Waals surface area contributed by atoms with Gasteiger partial charge in [-0.05, 0) is 30.7 Å². The summed E-state index contributed by atoms with van der Waals surface area (Å²) < 4.78 is 27.2. The SMILES string of the molecule is O=[N+]([O-])c1ccc(F)c(CC2(CO)CC2)c1F. The van der Waals surface area contributed by atoms with E-state index in [1.54, 1.807) is 0 Å². The Morgan fingerprint density at radius 2 is 2.06 bits per heavy atom. The van der Waals surface area contributed by atoms with Crippen LogP contribution in [0.4, 0.5) is 14.5 Å². The number of aliphatic hydroxyl groups is 1. The maximum absolute atomic E-state index is 13.7. The number of nitrogens with zero attached hydrogens (tertiary/aromatic N) is 1. The minimum absolute atomic E-state index is 0.00282. The lowest BCUT2D eigenvalue weighted by Gasteiger charge is -2.12. The molecule has 0 spiro atoms. The molecule has 2 rings (SSSR count). The van der Waals surface area contributed by atoms with Crippen molar-refractivity contribution >= 4 is 5.69 Å². The average Bonchev–Trinajstić information content (AvgIpc) is 3.04. The fraction of sp³-hybridized carbons (Fsp3) is 0.455. The summed E-state index contributed by atoms with van der Waals surface area (Å²) in [7, 11) is 0. The summed E-state index contributed by atoms with van der Waals surface area (Å²) in [5.74, 6) is -1.93. The van der Waals surface area contributed by atoms with Crippen LogP contribution in [0, 0.1) is 27.2 Å². The van der Waals surface area contributed by atoms with Gasteiger partial charge in [0.25, 0.3) is 0 Å². The highest BCUT2D eigenvalue weighted by atomic mass is 19.1. The normalized spacial score (nSPS) is 16.9. The van der Waals surface area contributed by atoms with Gasteiger partial charge in [-0.1, -0.05) is 0 Å². The lowest BCUT2D eigenvalue weighted by Crippen LogP contribution is -2.13. The number of nitro benzene ring substituents is 1. The van der Waals surface area contributed by atoms with Gasteiger partial charge in [-0.25, -0.2) is 4.39 Å². The van der Waals surface area contributed by atoms with E-state index in [-0.39, 0.29) is 18.6 Å². The second-order valence-electron chi connectivity index (χ2n) is 4.45. The Morgan fingerprint density at radius 1 is 1.41 bits per heavy atom. The molecule has 0 atom stereocenters. The highest BCUT2D eigenvalue weighted by Gasteiger charge is 2.43. The molecule has 1 N–H and O–H groups in total. The van der Waals surface area contributed by atoms with Gasteiger partial charge in [-0.15, -0.1) is 0 Å². The Balaban J connectivity index is 2.38. The van der Waals surface area contributed by atoms with Gasteiger partial charge in [0, 0.05) is 18.2 Å². The first-order valence-electron chi connectivity index (χ1n) is 5.21. The molecule has 1 aromatic rings. The Labute approximate surface area is 96.0 Å². The molecule has 0 saturated heterocycles. The van der Waals surface area contributed by atoms with E-state index >= 15 is 0 Å². The summed E-state index contributed by atoms with van der Waals surface area (Å²) in [6, 6.07) is 1.71. The molecule has 92 valence electrons. The minimum Gasteiger partial charge on any atom is -0.396 e. The fourth-order valence-electron chi connectivity index (χ4n) is 1.83. The molecule has 6 heteroatoms. The number of rotatable bonds is 4. The molecular formula is C11H11F2NO3. The minimum atomic E-state index is -1.13. The lowest BCUT2D eigenvalue weighted by atomic mass is 9.96. The van der Waals surface area contributed by atoms with Gasteiger partial charge in [0.05, 0.1) is 4.92 Å². The van der Waals surface area contributed by atoms with E-state index in [0.29, 0.717) is 12.8 Å². The summed E-state index contributed by atoms with van der Waals surface area (Å²) in [6.07, 6.45) is 1.37. The molecule has 0 radical (unpaired) electrons. The van der Waals surface area contributed by atoms with Gasteiger partial charge in [0.2, 0.25) is 5.82 Å². The first kappa shape index (κ1) is 11.9. The molecule has 1 aliphatic rings. The van der Waals surface area contributed by atoms with Crippen molar-refractivity contribution in [2.45, 2.75) is 19.3 Å². The average molecular weight is 243 g/mol. The highest BCUT2D eigenvalue weighted by Crippen LogP contribution is 2.48. The lowest BCUT2D eigenvalue weighted by molar-refractivity contribution is -0.387. The van der Waals surface area contributed by atoms with Crippen LogP contribution in [0.2, 0.25) is 0 Å². The number of nitro groups is 1. The standard InChI is InChI=1S/C11H11F2NO3/c12-8-1-2-9(14(16)17)10(13)7(8)5-11(6-15)3-4-11/h1-2,15H,3-6H2. The number of hydrogen-bond acceptors (Lipinski definition) is 3. The molecule has 17 heavy (non-hydrogen) atoms. The van der Waals surface area contributed by atoms with Crippen LogP contribution in [0.25, 0.3) is 0 Å². The number of benzene rings is 1.